The highest BCUT2D eigenvalue weighted by Crippen LogP contribution is 2.14. The average molecular weight is 233 g/mol. The Morgan fingerprint density at radius 1 is 1.29 bits per heavy atom. The molecule has 2 aromatic heterocycles. The zero-order chi connectivity index (χ0) is 12.4. The van der Waals surface area contributed by atoms with Crippen molar-refractivity contribution in [1.29, 1.82) is 0 Å². The summed E-state index contributed by atoms with van der Waals surface area (Å²) in [6, 6.07) is 2.09. The van der Waals surface area contributed by atoms with Gasteiger partial charge in [-0.3, -0.25) is 9.36 Å². The Bertz CT molecular complexity index is 509. The fourth-order valence-corrected chi connectivity index (χ4v) is 1.87. The summed E-state index contributed by atoms with van der Waals surface area (Å²) >= 11 is 0. The van der Waals surface area contributed by atoms with Gasteiger partial charge in [-0.15, -0.1) is 0 Å². The van der Waals surface area contributed by atoms with E-state index in [1.54, 1.807) is 0 Å². The summed E-state index contributed by atoms with van der Waals surface area (Å²) in [6.07, 6.45) is 2.04. The number of nitrogens with zero attached hydrogens (tertiary/aromatic N) is 4. The third kappa shape index (κ3) is 2.49. The Labute approximate surface area is 101 Å². The number of rotatable bonds is 4. The molecular formula is C12H19N5. The Morgan fingerprint density at radius 2 is 2.06 bits per heavy atom. The largest absolute Gasteiger partial charge is 0.377 e. The lowest BCUT2D eigenvalue weighted by molar-refractivity contribution is 0.653. The molecule has 0 aliphatic rings. The van der Waals surface area contributed by atoms with Gasteiger partial charge in [0.25, 0.3) is 0 Å². The van der Waals surface area contributed by atoms with Crippen LogP contribution in [0.2, 0.25) is 0 Å². The zero-order valence-electron chi connectivity index (χ0n) is 10.9. The molecule has 5 heteroatoms. The summed E-state index contributed by atoms with van der Waals surface area (Å²) in [6.45, 7) is 7.77. The first kappa shape index (κ1) is 11.7. The third-order valence-corrected chi connectivity index (χ3v) is 2.83. The molecule has 0 bridgehead atoms. The van der Waals surface area contributed by atoms with Gasteiger partial charge in [-0.05, 0) is 26.8 Å². The van der Waals surface area contributed by atoms with Crippen molar-refractivity contribution in [3.05, 3.63) is 29.3 Å². The van der Waals surface area contributed by atoms with Gasteiger partial charge in [0.1, 0.15) is 0 Å². The van der Waals surface area contributed by atoms with Crippen LogP contribution in [0.15, 0.2) is 12.3 Å². The molecule has 0 saturated carbocycles. The maximum Gasteiger partial charge on any atom is 0.0825 e. The first-order valence-electron chi connectivity index (χ1n) is 5.87. The summed E-state index contributed by atoms with van der Waals surface area (Å²) < 4.78 is 3.84. The van der Waals surface area contributed by atoms with Gasteiger partial charge < -0.3 is 5.32 Å². The number of aryl methyl sites for hydroxylation is 4. The molecule has 5 nitrogen and oxygen atoms in total. The molecule has 0 spiro atoms. The summed E-state index contributed by atoms with van der Waals surface area (Å²) in [5.41, 5.74) is 4.34. The molecule has 0 saturated heterocycles. The van der Waals surface area contributed by atoms with Crippen molar-refractivity contribution in [2.45, 2.75) is 33.9 Å². The van der Waals surface area contributed by atoms with E-state index in [1.165, 1.54) is 5.69 Å². The van der Waals surface area contributed by atoms with E-state index in [4.69, 9.17) is 0 Å². The normalized spacial score (nSPS) is 10.8. The van der Waals surface area contributed by atoms with E-state index in [1.807, 2.05) is 36.5 Å². The lowest BCUT2D eigenvalue weighted by atomic mass is 10.3. The molecule has 0 unspecified atom stereocenters. The van der Waals surface area contributed by atoms with Gasteiger partial charge in [0.05, 0.1) is 29.3 Å². The summed E-state index contributed by atoms with van der Waals surface area (Å²) in [5, 5.41) is 12.1. The third-order valence-electron chi connectivity index (χ3n) is 2.83. The summed E-state index contributed by atoms with van der Waals surface area (Å²) in [4.78, 5) is 0. The number of hydrogen-bond acceptors (Lipinski definition) is 3. The van der Waals surface area contributed by atoms with Crippen molar-refractivity contribution >= 4 is 5.69 Å². The van der Waals surface area contributed by atoms with Gasteiger partial charge in [0, 0.05) is 19.8 Å². The van der Waals surface area contributed by atoms with E-state index in [0.29, 0.717) is 0 Å². The lowest BCUT2D eigenvalue weighted by Gasteiger charge is -2.04. The highest BCUT2D eigenvalue weighted by Gasteiger charge is 2.05. The second-order valence-corrected chi connectivity index (χ2v) is 4.24. The molecule has 0 radical (unpaired) electrons. The number of nitrogens with one attached hydrogen (secondary N) is 1. The van der Waals surface area contributed by atoms with E-state index in [-0.39, 0.29) is 0 Å². The predicted octanol–water partition coefficient (Wildman–Crippen LogP) is 1.87. The van der Waals surface area contributed by atoms with Gasteiger partial charge in [0.2, 0.25) is 0 Å². The highest BCUT2D eigenvalue weighted by atomic mass is 15.3. The van der Waals surface area contributed by atoms with Crippen LogP contribution in [0.4, 0.5) is 5.69 Å². The quantitative estimate of drug-likeness (QED) is 0.877. The van der Waals surface area contributed by atoms with Crippen LogP contribution in [-0.2, 0) is 20.1 Å². The number of anilines is 1. The van der Waals surface area contributed by atoms with E-state index < -0.39 is 0 Å². The van der Waals surface area contributed by atoms with Crippen molar-refractivity contribution in [2.75, 3.05) is 5.32 Å². The summed E-state index contributed by atoms with van der Waals surface area (Å²) in [5.74, 6) is 0. The fraction of sp³-hybridized carbons (Fsp3) is 0.500. The minimum atomic E-state index is 0.771. The van der Waals surface area contributed by atoms with E-state index in [9.17, 15) is 0 Å². The molecule has 92 valence electrons. The Morgan fingerprint density at radius 3 is 2.59 bits per heavy atom. The highest BCUT2D eigenvalue weighted by molar-refractivity contribution is 5.45. The average Bonchev–Trinajstić information content (AvgIpc) is 2.79. The van der Waals surface area contributed by atoms with Gasteiger partial charge in [-0.1, -0.05) is 0 Å². The monoisotopic (exact) mass is 233 g/mol. The predicted molar refractivity (Wildman–Crippen MR) is 67.9 cm³/mol. The molecule has 0 amide bonds. The molecule has 0 fully saturated rings. The second kappa shape index (κ2) is 4.61. The fourth-order valence-electron chi connectivity index (χ4n) is 1.87. The maximum absolute atomic E-state index is 4.40. The molecule has 1 N–H and O–H groups in total. The zero-order valence-corrected chi connectivity index (χ0v) is 10.9. The molecule has 2 heterocycles. The topological polar surface area (TPSA) is 47.7 Å². The molecule has 0 atom stereocenters. The minimum absolute atomic E-state index is 0.771. The SMILES string of the molecule is CCn1cc(NCc2cc(C)nn2C)c(C)n1. The van der Waals surface area contributed by atoms with Crippen molar-refractivity contribution in [2.24, 2.45) is 7.05 Å². The van der Waals surface area contributed by atoms with Crippen LogP contribution in [0.25, 0.3) is 0 Å². The van der Waals surface area contributed by atoms with Gasteiger partial charge >= 0.3 is 0 Å². The molecule has 0 aromatic carbocycles. The van der Waals surface area contributed by atoms with Crippen LogP contribution >= 0.6 is 0 Å². The number of aromatic nitrogens is 4. The van der Waals surface area contributed by atoms with Crippen LogP contribution in [0.3, 0.4) is 0 Å². The van der Waals surface area contributed by atoms with E-state index in [2.05, 4.69) is 28.5 Å². The summed E-state index contributed by atoms with van der Waals surface area (Å²) in [7, 11) is 1.96. The standard InChI is InChI=1S/C12H19N5/c1-5-17-8-12(10(3)15-17)13-7-11-6-9(2)14-16(11)4/h6,8,13H,5,7H2,1-4H3. The Kier molecular flexibility index (Phi) is 3.17. The molecular weight excluding hydrogens is 214 g/mol. The lowest BCUT2D eigenvalue weighted by Crippen LogP contribution is -2.05. The molecule has 2 rings (SSSR count). The minimum Gasteiger partial charge on any atom is -0.377 e. The number of hydrogen-bond donors (Lipinski definition) is 1. The van der Waals surface area contributed by atoms with Crippen LogP contribution in [-0.4, -0.2) is 19.6 Å². The molecule has 2 aromatic rings. The molecule has 17 heavy (non-hydrogen) atoms. The van der Waals surface area contributed by atoms with Crippen molar-refractivity contribution in [1.82, 2.24) is 19.6 Å². The molecule has 0 aliphatic heterocycles. The van der Waals surface area contributed by atoms with E-state index >= 15 is 0 Å². The van der Waals surface area contributed by atoms with Gasteiger partial charge in [0.15, 0.2) is 0 Å². The first-order chi connectivity index (χ1) is 8.10. The maximum atomic E-state index is 4.40. The second-order valence-electron chi connectivity index (χ2n) is 4.24. The molecule has 0 aliphatic carbocycles. The van der Waals surface area contributed by atoms with Crippen LogP contribution in [0.1, 0.15) is 24.0 Å². The van der Waals surface area contributed by atoms with Crippen molar-refractivity contribution in [3.63, 3.8) is 0 Å². The smallest absolute Gasteiger partial charge is 0.0825 e. The first-order valence-corrected chi connectivity index (χ1v) is 5.87. The van der Waals surface area contributed by atoms with Crippen LogP contribution in [0.5, 0.6) is 0 Å². The van der Waals surface area contributed by atoms with Crippen LogP contribution < -0.4 is 5.32 Å². The van der Waals surface area contributed by atoms with Gasteiger partial charge in [-0.2, -0.15) is 10.2 Å². The Balaban J connectivity index is 2.06. The van der Waals surface area contributed by atoms with Crippen molar-refractivity contribution < 1.29 is 0 Å². The van der Waals surface area contributed by atoms with Crippen molar-refractivity contribution in [3.8, 4) is 0 Å². The van der Waals surface area contributed by atoms with Crippen LogP contribution in [0, 0.1) is 13.8 Å². The Hall–Kier alpha value is -1.78. The van der Waals surface area contributed by atoms with Gasteiger partial charge in [-0.25, -0.2) is 0 Å². The van der Waals surface area contributed by atoms with E-state index in [0.717, 1.165) is 30.2 Å².